The van der Waals surface area contributed by atoms with Crippen LogP contribution in [0.2, 0.25) is 0 Å². The molecule has 1 aliphatic heterocycles. The molecule has 1 fully saturated rings. The standard InChI is InChI=1S/C23H27N3O2/c1-16-8-6-11-18(14-16)26-20(22-19(23(26)28)12-7-13-24-22)15-21(27)25-17-9-4-2-3-5-10-17/h6-8,11-14,17,20H,2-5,9-10,15H2,1H3,(H,25,27)/t20-/m0/s1. The molecule has 146 valence electrons. The third kappa shape index (κ3) is 3.79. The van der Waals surface area contributed by atoms with Gasteiger partial charge in [-0.2, -0.15) is 0 Å². The molecule has 1 atom stereocenters. The van der Waals surface area contributed by atoms with Crippen molar-refractivity contribution in [3.63, 3.8) is 0 Å². The summed E-state index contributed by atoms with van der Waals surface area (Å²) >= 11 is 0. The Labute approximate surface area is 166 Å². The van der Waals surface area contributed by atoms with E-state index in [0.29, 0.717) is 11.3 Å². The Morgan fingerprint density at radius 2 is 1.93 bits per heavy atom. The van der Waals surface area contributed by atoms with E-state index in [0.717, 1.165) is 24.1 Å². The van der Waals surface area contributed by atoms with E-state index in [2.05, 4.69) is 10.3 Å². The van der Waals surface area contributed by atoms with Crippen LogP contribution in [0.3, 0.4) is 0 Å². The number of rotatable bonds is 4. The Morgan fingerprint density at radius 3 is 2.68 bits per heavy atom. The molecule has 0 radical (unpaired) electrons. The molecule has 1 aromatic heterocycles. The monoisotopic (exact) mass is 377 g/mol. The number of pyridine rings is 1. The summed E-state index contributed by atoms with van der Waals surface area (Å²) in [6.07, 6.45) is 8.88. The van der Waals surface area contributed by atoms with Crippen LogP contribution in [-0.2, 0) is 4.79 Å². The first-order chi connectivity index (χ1) is 13.6. The molecule has 2 heterocycles. The predicted molar refractivity (Wildman–Crippen MR) is 109 cm³/mol. The van der Waals surface area contributed by atoms with Gasteiger partial charge in [0.15, 0.2) is 0 Å². The minimum Gasteiger partial charge on any atom is -0.353 e. The summed E-state index contributed by atoms with van der Waals surface area (Å²) in [5.74, 6) is -0.0816. The second-order valence-electron chi connectivity index (χ2n) is 7.93. The summed E-state index contributed by atoms with van der Waals surface area (Å²) in [4.78, 5) is 32.1. The van der Waals surface area contributed by atoms with Gasteiger partial charge >= 0.3 is 0 Å². The maximum Gasteiger partial charge on any atom is 0.260 e. The van der Waals surface area contributed by atoms with Gasteiger partial charge < -0.3 is 5.32 Å². The maximum absolute atomic E-state index is 13.1. The maximum atomic E-state index is 13.1. The lowest BCUT2D eigenvalue weighted by Crippen LogP contribution is -2.38. The third-order valence-corrected chi connectivity index (χ3v) is 5.79. The SMILES string of the molecule is Cc1cccc(N2C(=O)c3cccnc3[C@@H]2CC(=O)NC2CCCCCC2)c1. The molecule has 1 saturated carbocycles. The number of hydrogen-bond acceptors (Lipinski definition) is 3. The van der Waals surface area contributed by atoms with E-state index in [1.165, 1.54) is 25.7 Å². The van der Waals surface area contributed by atoms with Crippen LogP contribution in [0.15, 0.2) is 42.6 Å². The number of carbonyl (C=O) groups excluding carboxylic acids is 2. The van der Waals surface area contributed by atoms with Crippen molar-refractivity contribution >= 4 is 17.5 Å². The van der Waals surface area contributed by atoms with Gasteiger partial charge in [0.05, 0.1) is 23.7 Å². The second kappa shape index (κ2) is 8.13. The molecule has 0 saturated heterocycles. The van der Waals surface area contributed by atoms with Gasteiger partial charge in [-0.15, -0.1) is 0 Å². The minimum absolute atomic E-state index is 0.000793. The van der Waals surface area contributed by atoms with Gasteiger partial charge in [-0.3, -0.25) is 19.5 Å². The first-order valence-electron chi connectivity index (χ1n) is 10.3. The van der Waals surface area contributed by atoms with Gasteiger partial charge in [0.1, 0.15) is 0 Å². The van der Waals surface area contributed by atoms with E-state index < -0.39 is 0 Å². The minimum atomic E-state index is -0.365. The number of aromatic nitrogens is 1. The summed E-state index contributed by atoms with van der Waals surface area (Å²) in [6, 6.07) is 11.3. The van der Waals surface area contributed by atoms with Gasteiger partial charge in [0.25, 0.3) is 5.91 Å². The van der Waals surface area contributed by atoms with Gasteiger partial charge in [0, 0.05) is 17.9 Å². The van der Waals surface area contributed by atoms with Crippen LogP contribution in [0.4, 0.5) is 5.69 Å². The Balaban J connectivity index is 1.58. The van der Waals surface area contributed by atoms with Crippen molar-refractivity contribution in [3.8, 4) is 0 Å². The van der Waals surface area contributed by atoms with Crippen molar-refractivity contribution in [2.45, 2.75) is 64.0 Å². The van der Waals surface area contributed by atoms with Crippen LogP contribution >= 0.6 is 0 Å². The number of amides is 2. The number of nitrogens with zero attached hydrogens (tertiary/aromatic N) is 2. The zero-order valence-corrected chi connectivity index (χ0v) is 16.4. The van der Waals surface area contributed by atoms with Crippen LogP contribution in [0, 0.1) is 6.92 Å². The van der Waals surface area contributed by atoms with E-state index in [4.69, 9.17) is 0 Å². The number of benzene rings is 1. The normalized spacial score (nSPS) is 20.0. The highest BCUT2D eigenvalue weighted by Crippen LogP contribution is 2.38. The van der Waals surface area contributed by atoms with Crippen molar-refractivity contribution in [3.05, 3.63) is 59.4 Å². The molecule has 0 bridgehead atoms. The fraction of sp³-hybridized carbons (Fsp3) is 0.435. The summed E-state index contributed by atoms with van der Waals surface area (Å²) in [7, 11) is 0. The number of hydrogen-bond donors (Lipinski definition) is 1. The molecule has 1 aromatic carbocycles. The predicted octanol–water partition coefficient (Wildman–Crippen LogP) is 4.32. The van der Waals surface area contributed by atoms with Crippen molar-refractivity contribution < 1.29 is 9.59 Å². The van der Waals surface area contributed by atoms with Crippen LogP contribution < -0.4 is 10.2 Å². The number of nitrogens with one attached hydrogen (secondary N) is 1. The Morgan fingerprint density at radius 1 is 1.14 bits per heavy atom. The Kier molecular flexibility index (Phi) is 5.42. The summed E-state index contributed by atoms with van der Waals surface area (Å²) in [5, 5.41) is 3.21. The quantitative estimate of drug-likeness (QED) is 0.807. The van der Waals surface area contributed by atoms with Crippen molar-refractivity contribution in [1.82, 2.24) is 10.3 Å². The lowest BCUT2D eigenvalue weighted by molar-refractivity contribution is -0.122. The molecule has 5 heteroatoms. The average molecular weight is 377 g/mol. The summed E-state index contributed by atoms with van der Waals surface area (Å²) < 4.78 is 0. The fourth-order valence-corrected chi connectivity index (χ4v) is 4.41. The smallest absolute Gasteiger partial charge is 0.260 e. The van der Waals surface area contributed by atoms with Crippen molar-refractivity contribution in [2.75, 3.05) is 4.90 Å². The van der Waals surface area contributed by atoms with Gasteiger partial charge in [-0.05, 0) is 49.6 Å². The molecule has 4 rings (SSSR count). The molecular formula is C23H27N3O2. The third-order valence-electron chi connectivity index (χ3n) is 5.79. The molecule has 2 amide bonds. The fourth-order valence-electron chi connectivity index (χ4n) is 4.41. The van der Waals surface area contributed by atoms with E-state index in [9.17, 15) is 9.59 Å². The lowest BCUT2D eigenvalue weighted by Gasteiger charge is -2.26. The molecule has 0 spiro atoms. The first-order valence-corrected chi connectivity index (χ1v) is 10.3. The van der Waals surface area contributed by atoms with E-state index >= 15 is 0 Å². The highest BCUT2D eigenvalue weighted by Gasteiger charge is 2.40. The number of aryl methyl sites for hydroxylation is 1. The molecule has 2 aliphatic rings. The van der Waals surface area contributed by atoms with Crippen molar-refractivity contribution in [2.24, 2.45) is 0 Å². The number of fused-ring (bicyclic) bond motifs is 1. The molecule has 28 heavy (non-hydrogen) atoms. The zero-order chi connectivity index (χ0) is 19.5. The zero-order valence-electron chi connectivity index (χ0n) is 16.4. The highest BCUT2D eigenvalue weighted by atomic mass is 16.2. The van der Waals surface area contributed by atoms with Crippen molar-refractivity contribution in [1.29, 1.82) is 0 Å². The molecule has 0 unspecified atom stereocenters. The molecular weight excluding hydrogens is 350 g/mol. The Hall–Kier alpha value is -2.69. The van der Waals surface area contributed by atoms with Gasteiger partial charge in [-0.1, -0.05) is 37.8 Å². The summed E-state index contributed by atoms with van der Waals surface area (Å²) in [6.45, 7) is 2.00. The van der Waals surface area contributed by atoms with E-state index in [1.807, 2.05) is 31.2 Å². The largest absolute Gasteiger partial charge is 0.353 e. The average Bonchev–Trinajstić information content (AvgIpc) is 2.84. The van der Waals surface area contributed by atoms with Crippen LogP contribution in [0.5, 0.6) is 0 Å². The number of anilines is 1. The van der Waals surface area contributed by atoms with Gasteiger partial charge in [-0.25, -0.2) is 0 Å². The lowest BCUT2D eigenvalue weighted by atomic mass is 10.1. The first kappa shape index (κ1) is 18.7. The molecule has 1 aliphatic carbocycles. The van der Waals surface area contributed by atoms with E-state index in [1.54, 1.807) is 23.2 Å². The molecule has 1 N–H and O–H groups in total. The van der Waals surface area contributed by atoms with Crippen LogP contribution in [0.1, 0.15) is 72.6 Å². The van der Waals surface area contributed by atoms with E-state index in [-0.39, 0.29) is 30.3 Å². The topological polar surface area (TPSA) is 62.3 Å². The van der Waals surface area contributed by atoms with Crippen LogP contribution in [0.25, 0.3) is 0 Å². The highest BCUT2D eigenvalue weighted by molar-refractivity contribution is 6.11. The van der Waals surface area contributed by atoms with Gasteiger partial charge in [0.2, 0.25) is 5.91 Å². The second-order valence-corrected chi connectivity index (χ2v) is 7.93. The van der Waals surface area contributed by atoms with Crippen LogP contribution in [-0.4, -0.2) is 22.8 Å². The number of carbonyl (C=O) groups is 2. The molecule has 2 aromatic rings. The molecule has 5 nitrogen and oxygen atoms in total. The summed E-state index contributed by atoms with van der Waals surface area (Å²) in [5.41, 5.74) is 3.19. The Bertz CT molecular complexity index is 872.